The van der Waals surface area contributed by atoms with Crippen molar-refractivity contribution in [2.24, 2.45) is 0 Å². The van der Waals surface area contributed by atoms with Crippen LogP contribution in [0.25, 0.3) is 0 Å². The summed E-state index contributed by atoms with van der Waals surface area (Å²) in [6.07, 6.45) is 0. The van der Waals surface area contributed by atoms with Gasteiger partial charge in [0.25, 0.3) is 0 Å². The molecule has 0 fully saturated rings. The van der Waals surface area contributed by atoms with Crippen LogP contribution >= 0.6 is 34.8 Å². The van der Waals surface area contributed by atoms with Gasteiger partial charge >= 0.3 is 0 Å². The minimum Gasteiger partial charge on any atom is -0.298 e. The van der Waals surface area contributed by atoms with Gasteiger partial charge in [-0.2, -0.15) is 5.26 Å². The third-order valence-corrected chi connectivity index (χ3v) is 3.07. The normalized spacial score (nSPS) is 11.9. The Hall–Kier alpha value is -0.750. The van der Waals surface area contributed by atoms with Crippen LogP contribution in [0.4, 0.5) is 0 Å². The molecule has 0 amide bonds. The molecule has 0 aliphatic heterocycles. The third-order valence-electron chi connectivity index (χ3n) is 1.88. The number of Topliss-reactive ketones (excluding diaryl/α,β-unsaturated/α-hetero) is 1. The first kappa shape index (κ1) is 12.3. The van der Waals surface area contributed by atoms with Crippen molar-refractivity contribution in [3.63, 3.8) is 0 Å². The molecule has 0 spiro atoms. The maximum absolute atomic E-state index is 11.1. The van der Waals surface area contributed by atoms with Gasteiger partial charge in [-0.25, -0.2) is 0 Å². The van der Waals surface area contributed by atoms with Gasteiger partial charge in [-0.15, -0.1) is 0 Å². The number of halogens is 3. The Balaban J connectivity index is 3.28. The monoisotopic (exact) mass is 261 g/mol. The van der Waals surface area contributed by atoms with Crippen molar-refractivity contribution >= 4 is 40.6 Å². The molecule has 5 heteroatoms. The summed E-state index contributed by atoms with van der Waals surface area (Å²) in [6, 6.07) is 4.84. The van der Waals surface area contributed by atoms with E-state index in [4.69, 9.17) is 40.1 Å². The number of carbonyl (C=O) groups excluding carboxylic acids is 1. The van der Waals surface area contributed by atoms with Gasteiger partial charge in [0.2, 0.25) is 0 Å². The number of nitriles is 1. The number of ketones is 1. The molecule has 78 valence electrons. The summed E-state index contributed by atoms with van der Waals surface area (Å²) in [5.74, 6) is -1.11. The van der Waals surface area contributed by atoms with Gasteiger partial charge in [-0.1, -0.05) is 34.8 Å². The standard InChI is InChI=1S/C10H6Cl3NO/c1-5(15)7(4-14)6-2-8(11)10(13)9(12)3-6/h2-3,7H,1H3. The van der Waals surface area contributed by atoms with Gasteiger partial charge in [-0.05, 0) is 24.6 Å². The van der Waals surface area contributed by atoms with Gasteiger partial charge in [-0.3, -0.25) is 4.79 Å². The summed E-state index contributed by atoms with van der Waals surface area (Å²) < 4.78 is 0. The van der Waals surface area contributed by atoms with E-state index < -0.39 is 5.92 Å². The van der Waals surface area contributed by atoms with Crippen molar-refractivity contribution < 1.29 is 4.79 Å². The molecule has 1 aromatic carbocycles. The van der Waals surface area contributed by atoms with Crippen LogP contribution in [0.15, 0.2) is 12.1 Å². The zero-order chi connectivity index (χ0) is 11.6. The lowest BCUT2D eigenvalue weighted by molar-refractivity contribution is -0.117. The Labute approximate surface area is 102 Å². The smallest absolute Gasteiger partial charge is 0.151 e. The predicted octanol–water partition coefficient (Wildman–Crippen LogP) is 3.84. The highest BCUT2D eigenvalue weighted by atomic mass is 35.5. The lowest BCUT2D eigenvalue weighted by Crippen LogP contribution is -2.06. The number of rotatable bonds is 2. The zero-order valence-corrected chi connectivity index (χ0v) is 9.99. The van der Waals surface area contributed by atoms with E-state index in [0.717, 1.165) is 0 Å². The Kier molecular flexibility index (Phi) is 3.98. The van der Waals surface area contributed by atoms with E-state index in [0.29, 0.717) is 5.56 Å². The molecule has 0 bridgehead atoms. The summed E-state index contributed by atoms with van der Waals surface area (Å²) in [4.78, 5) is 11.1. The van der Waals surface area contributed by atoms with Crippen LogP contribution in [0.1, 0.15) is 18.4 Å². The van der Waals surface area contributed by atoms with E-state index in [9.17, 15) is 4.79 Å². The number of hydrogen-bond acceptors (Lipinski definition) is 2. The fraction of sp³-hybridized carbons (Fsp3) is 0.200. The molecule has 0 aliphatic rings. The lowest BCUT2D eigenvalue weighted by atomic mass is 9.97. The van der Waals surface area contributed by atoms with Crippen LogP contribution in [0.2, 0.25) is 15.1 Å². The van der Waals surface area contributed by atoms with Crippen molar-refractivity contribution in [3.8, 4) is 6.07 Å². The van der Waals surface area contributed by atoms with Gasteiger partial charge in [0, 0.05) is 0 Å². The van der Waals surface area contributed by atoms with Gasteiger partial charge in [0.05, 0.1) is 21.1 Å². The van der Waals surface area contributed by atoms with Gasteiger partial charge in [0.15, 0.2) is 5.78 Å². The molecule has 1 atom stereocenters. The zero-order valence-electron chi connectivity index (χ0n) is 7.72. The SMILES string of the molecule is CC(=O)C(C#N)c1cc(Cl)c(Cl)c(Cl)c1. The van der Waals surface area contributed by atoms with Crippen LogP contribution in [0.3, 0.4) is 0 Å². The Morgan fingerprint density at radius 2 is 1.80 bits per heavy atom. The van der Waals surface area contributed by atoms with Crippen LogP contribution in [0.5, 0.6) is 0 Å². The molecular weight excluding hydrogens is 256 g/mol. The molecule has 0 saturated heterocycles. The van der Waals surface area contributed by atoms with E-state index in [1.54, 1.807) is 0 Å². The Morgan fingerprint density at radius 3 is 2.13 bits per heavy atom. The van der Waals surface area contributed by atoms with E-state index in [1.165, 1.54) is 19.1 Å². The summed E-state index contributed by atoms with van der Waals surface area (Å²) in [5.41, 5.74) is 0.462. The average molecular weight is 263 g/mol. The van der Waals surface area contributed by atoms with E-state index in [1.807, 2.05) is 6.07 Å². The molecule has 1 rings (SSSR count). The van der Waals surface area contributed by atoms with E-state index in [2.05, 4.69) is 0 Å². The van der Waals surface area contributed by atoms with Crippen molar-refractivity contribution in [2.45, 2.75) is 12.8 Å². The summed E-state index contributed by atoms with van der Waals surface area (Å²) >= 11 is 17.3. The van der Waals surface area contributed by atoms with Crippen LogP contribution in [-0.4, -0.2) is 5.78 Å². The molecule has 0 aliphatic carbocycles. The van der Waals surface area contributed by atoms with Crippen LogP contribution in [0, 0.1) is 11.3 Å². The largest absolute Gasteiger partial charge is 0.298 e. The van der Waals surface area contributed by atoms with Crippen molar-refractivity contribution in [3.05, 3.63) is 32.8 Å². The molecule has 0 aromatic heterocycles. The maximum atomic E-state index is 11.1. The molecule has 0 heterocycles. The molecule has 0 radical (unpaired) electrons. The topological polar surface area (TPSA) is 40.9 Å². The average Bonchev–Trinajstić information content (AvgIpc) is 2.14. The molecule has 1 unspecified atom stereocenters. The Bertz CT molecular complexity index is 427. The minimum absolute atomic E-state index is 0.224. The molecule has 0 N–H and O–H groups in total. The Morgan fingerprint density at radius 1 is 1.33 bits per heavy atom. The number of benzene rings is 1. The summed E-state index contributed by atoms with van der Waals surface area (Å²) in [6.45, 7) is 1.34. The number of nitrogens with zero attached hydrogens (tertiary/aromatic N) is 1. The highest BCUT2D eigenvalue weighted by molar-refractivity contribution is 6.48. The van der Waals surface area contributed by atoms with E-state index in [-0.39, 0.29) is 20.9 Å². The highest BCUT2D eigenvalue weighted by Gasteiger charge is 2.18. The fourth-order valence-corrected chi connectivity index (χ4v) is 1.75. The third kappa shape index (κ3) is 2.63. The van der Waals surface area contributed by atoms with Gasteiger partial charge < -0.3 is 0 Å². The second-order valence-electron chi connectivity index (χ2n) is 2.97. The maximum Gasteiger partial charge on any atom is 0.151 e. The first-order valence-electron chi connectivity index (χ1n) is 4.02. The molecular formula is C10H6Cl3NO. The van der Waals surface area contributed by atoms with Crippen molar-refractivity contribution in [1.29, 1.82) is 5.26 Å². The highest BCUT2D eigenvalue weighted by Crippen LogP contribution is 2.33. The first-order valence-corrected chi connectivity index (χ1v) is 5.15. The molecule has 1 aromatic rings. The fourth-order valence-electron chi connectivity index (χ4n) is 1.14. The molecule has 2 nitrogen and oxygen atoms in total. The summed E-state index contributed by atoms with van der Waals surface area (Å²) in [7, 11) is 0. The number of hydrogen-bond donors (Lipinski definition) is 0. The van der Waals surface area contributed by atoms with Crippen molar-refractivity contribution in [1.82, 2.24) is 0 Å². The lowest BCUT2D eigenvalue weighted by Gasteiger charge is -2.08. The van der Waals surface area contributed by atoms with Gasteiger partial charge in [0.1, 0.15) is 5.92 Å². The van der Waals surface area contributed by atoms with Crippen LogP contribution in [-0.2, 0) is 4.79 Å². The molecule has 15 heavy (non-hydrogen) atoms. The molecule has 0 saturated carbocycles. The van der Waals surface area contributed by atoms with E-state index >= 15 is 0 Å². The predicted molar refractivity (Wildman–Crippen MR) is 60.5 cm³/mol. The second kappa shape index (κ2) is 4.85. The number of carbonyl (C=O) groups is 1. The minimum atomic E-state index is -0.850. The second-order valence-corrected chi connectivity index (χ2v) is 4.16. The van der Waals surface area contributed by atoms with Crippen molar-refractivity contribution in [2.75, 3.05) is 0 Å². The summed E-state index contributed by atoms with van der Waals surface area (Å²) in [5, 5.41) is 9.51. The van der Waals surface area contributed by atoms with Crippen LogP contribution < -0.4 is 0 Å². The first-order chi connectivity index (χ1) is 6.97. The quantitative estimate of drug-likeness (QED) is 0.760.